The minimum absolute atomic E-state index is 0.0334. The minimum Gasteiger partial charge on any atom is -0.361 e. The molecular weight excluding hydrogens is 228 g/mol. The second-order valence-corrected chi connectivity index (χ2v) is 4.58. The van der Waals surface area contributed by atoms with Crippen LogP contribution in [0.3, 0.4) is 0 Å². The number of amides is 1. The van der Waals surface area contributed by atoms with E-state index in [0.717, 1.165) is 10.9 Å². The van der Waals surface area contributed by atoms with Crippen molar-refractivity contribution < 1.29 is 9.59 Å². The first kappa shape index (κ1) is 12.4. The molecule has 1 aromatic heterocycles. The fourth-order valence-corrected chi connectivity index (χ4v) is 1.67. The summed E-state index contributed by atoms with van der Waals surface area (Å²) in [5, 5.41) is 3.62. The summed E-state index contributed by atoms with van der Waals surface area (Å²) in [5.41, 5.74) is 1.56. The van der Waals surface area contributed by atoms with Crippen molar-refractivity contribution in [2.75, 3.05) is 6.54 Å². The van der Waals surface area contributed by atoms with E-state index in [2.05, 4.69) is 10.3 Å². The zero-order valence-corrected chi connectivity index (χ0v) is 10.5. The normalized spacial score (nSPS) is 10.8. The van der Waals surface area contributed by atoms with Crippen molar-refractivity contribution in [1.82, 2.24) is 10.3 Å². The van der Waals surface area contributed by atoms with E-state index >= 15 is 0 Å². The van der Waals surface area contributed by atoms with Crippen LogP contribution in [0, 0.1) is 5.92 Å². The van der Waals surface area contributed by atoms with Gasteiger partial charge in [0.25, 0.3) is 5.91 Å². The quantitative estimate of drug-likeness (QED) is 0.865. The summed E-state index contributed by atoms with van der Waals surface area (Å²) in [6.45, 7) is 3.72. The van der Waals surface area contributed by atoms with Gasteiger partial charge >= 0.3 is 0 Å². The lowest BCUT2D eigenvalue weighted by Crippen LogP contribution is -2.31. The molecule has 2 rings (SSSR count). The molecule has 94 valence electrons. The van der Waals surface area contributed by atoms with Gasteiger partial charge < -0.3 is 10.3 Å². The highest BCUT2D eigenvalue weighted by atomic mass is 16.2. The van der Waals surface area contributed by atoms with E-state index in [0.29, 0.717) is 5.56 Å². The van der Waals surface area contributed by atoms with Gasteiger partial charge in [0, 0.05) is 28.6 Å². The van der Waals surface area contributed by atoms with Gasteiger partial charge in [-0.3, -0.25) is 9.59 Å². The second kappa shape index (κ2) is 5.04. The number of rotatable bonds is 4. The van der Waals surface area contributed by atoms with Crippen LogP contribution in [0.25, 0.3) is 10.9 Å². The standard InChI is InChI=1S/C14H16N2O2/c1-9(2)13(17)8-16-14(18)11-3-4-12-10(7-11)5-6-15-12/h3-7,9,15H,8H2,1-2H3,(H,16,18). The van der Waals surface area contributed by atoms with Crippen molar-refractivity contribution in [3.63, 3.8) is 0 Å². The summed E-state index contributed by atoms with van der Waals surface area (Å²) in [5.74, 6) is -0.240. The molecule has 2 N–H and O–H groups in total. The van der Waals surface area contributed by atoms with Crippen molar-refractivity contribution in [2.45, 2.75) is 13.8 Å². The molecule has 4 heteroatoms. The van der Waals surface area contributed by atoms with Gasteiger partial charge in [0.05, 0.1) is 6.54 Å². The first-order chi connectivity index (χ1) is 8.58. The van der Waals surface area contributed by atoms with Gasteiger partial charge in [-0.2, -0.15) is 0 Å². The molecule has 1 heterocycles. The van der Waals surface area contributed by atoms with Crippen LogP contribution in [0.2, 0.25) is 0 Å². The number of nitrogens with one attached hydrogen (secondary N) is 2. The average molecular weight is 244 g/mol. The number of Topliss-reactive ketones (excluding diaryl/α,β-unsaturated/α-hetero) is 1. The Morgan fingerprint density at radius 3 is 2.78 bits per heavy atom. The Balaban J connectivity index is 2.06. The van der Waals surface area contributed by atoms with E-state index in [9.17, 15) is 9.59 Å². The van der Waals surface area contributed by atoms with E-state index in [1.54, 1.807) is 12.1 Å². The van der Waals surface area contributed by atoms with Crippen LogP contribution in [0.15, 0.2) is 30.5 Å². The number of aromatic nitrogens is 1. The predicted octanol–water partition coefficient (Wildman–Crippen LogP) is 2.12. The third kappa shape index (κ3) is 2.59. The SMILES string of the molecule is CC(C)C(=O)CNC(=O)c1ccc2[nH]ccc2c1. The maximum Gasteiger partial charge on any atom is 0.251 e. The summed E-state index contributed by atoms with van der Waals surface area (Å²) in [7, 11) is 0. The molecule has 0 saturated heterocycles. The molecule has 0 saturated carbocycles. The Hall–Kier alpha value is -2.10. The summed E-state index contributed by atoms with van der Waals surface area (Å²) in [4.78, 5) is 26.4. The van der Waals surface area contributed by atoms with Crippen molar-refractivity contribution in [2.24, 2.45) is 5.92 Å². The summed E-state index contributed by atoms with van der Waals surface area (Å²) >= 11 is 0. The lowest BCUT2D eigenvalue weighted by molar-refractivity contribution is -0.120. The Kier molecular flexibility index (Phi) is 3.46. The first-order valence-corrected chi connectivity index (χ1v) is 5.96. The van der Waals surface area contributed by atoms with Crippen LogP contribution in [0.5, 0.6) is 0 Å². The average Bonchev–Trinajstić information content (AvgIpc) is 2.82. The highest BCUT2D eigenvalue weighted by Gasteiger charge is 2.11. The molecule has 4 nitrogen and oxygen atoms in total. The van der Waals surface area contributed by atoms with Gasteiger partial charge in [-0.25, -0.2) is 0 Å². The van der Waals surface area contributed by atoms with Gasteiger partial charge in [0.2, 0.25) is 0 Å². The predicted molar refractivity (Wildman–Crippen MR) is 70.5 cm³/mol. The number of benzene rings is 1. The number of aromatic amines is 1. The number of carbonyl (C=O) groups is 2. The molecule has 0 aliphatic rings. The minimum atomic E-state index is -0.216. The molecule has 0 aliphatic carbocycles. The van der Waals surface area contributed by atoms with E-state index < -0.39 is 0 Å². The van der Waals surface area contributed by atoms with Crippen LogP contribution in [0.1, 0.15) is 24.2 Å². The molecule has 0 bridgehead atoms. The molecule has 0 aliphatic heterocycles. The molecule has 1 amide bonds. The molecule has 0 radical (unpaired) electrons. The van der Waals surface area contributed by atoms with Gasteiger partial charge in [0.1, 0.15) is 0 Å². The largest absolute Gasteiger partial charge is 0.361 e. The second-order valence-electron chi connectivity index (χ2n) is 4.58. The lowest BCUT2D eigenvalue weighted by Gasteiger charge is -2.06. The Morgan fingerprint density at radius 1 is 1.28 bits per heavy atom. The lowest BCUT2D eigenvalue weighted by atomic mass is 10.1. The molecular formula is C14H16N2O2. The van der Waals surface area contributed by atoms with E-state index in [-0.39, 0.29) is 24.2 Å². The number of carbonyl (C=O) groups excluding carboxylic acids is 2. The Bertz CT molecular complexity index is 584. The monoisotopic (exact) mass is 244 g/mol. The Labute approximate surface area is 105 Å². The van der Waals surface area contributed by atoms with Crippen molar-refractivity contribution in [1.29, 1.82) is 0 Å². The number of hydrogen-bond donors (Lipinski definition) is 2. The summed E-state index contributed by atoms with van der Waals surface area (Å²) in [6.07, 6.45) is 1.83. The van der Waals surface area contributed by atoms with Gasteiger partial charge in [-0.15, -0.1) is 0 Å². The highest BCUT2D eigenvalue weighted by molar-refractivity contribution is 5.99. The number of hydrogen-bond acceptors (Lipinski definition) is 2. The highest BCUT2D eigenvalue weighted by Crippen LogP contribution is 2.14. The van der Waals surface area contributed by atoms with Crippen molar-refractivity contribution >= 4 is 22.6 Å². The van der Waals surface area contributed by atoms with Crippen molar-refractivity contribution in [3.8, 4) is 0 Å². The molecule has 0 unspecified atom stereocenters. The Morgan fingerprint density at radius 2 is 2.06 bits per heavy atom. The van der Waals surface area contributed by atoms with Gasteiger partial charge in [0.15, 0.2) is 5.78 Å². The molecule has 18 heavy (non-hydrogen) atoms. The fraction of sp³-hybridized carbons (Fsp3) is 0.286. The van der Waals surface area contributed by atoms with Crippen LogP contribution in [-0.2, 0) is 4.79 Å². The molecule has 0 spiro atoms. The summed E-state index contributed by atoms with van der Waals surface area (Å²) in [6, 6.07) is 7.31. The summed E-state index contributed by atoms with van der Waals surface area (Å²) < 4.78 is 0. The van der Waals surface area contributed by atoms with E-state index in [1.807, 2.05) is 32.2 Å². The van der Waals surface area contributed by atoms with E-state index in [4.69, 9.17) is 0 Å². The maximum atomic E-state index is 11.9. The van der Waals surface area contributed by atoms with Crippen LogP contribution in [-0.4, -0.2) is 23.2 Å². The van der Waals surface area contributed by atoms with Gasteiger partial charge in [-0.1, -0.05) is 13.8 Å². The van der Waals surface area contributed by atoms with Crippen LogP contribution in [0.4, 0.5) is 0 Å². The third-order valence-corrected chi connectivity index (χ3v) is 2.88. The topological polar surface area (TPSA) is 62.0 Å². The smallest absolute Gasteiger partial charge is 0.251 e. The zero-order valence-electron chi connectivity index (χ0n) is 10.5. The maximum absolute atomic E-state index is 11.9. The van der Waals surface area contributed by atoms with Gasteiger partial charge in [-0.05, 0) is 24.3 Å². The van der Waals surface area contributed by atoms with E-state index in [1.165, 1.54) is 0 Å². The third-order valence-electron chi connectivity index (χ3n) is 2.88. The number of ketones is 1. The number of fused-ring (bicyclic) bond motifs is 1. The molecule has 2 aromatic rings. The fourth-order valence-electron chi connectivity index (χ4n) is 1.67. The van der Waals surface area contributed by atoms with Crippen LogP contribution >= 0.6 is 0 Å². The zero-order chi connectivity index (χ0) is 13.1. The molecule has 0 atom stereocenters. The molecule has 0 fully saturated rings. The van der Waals surface area contributed by atoms with Crippen LogP contribution < -0.4 is 5.32 Å². The number of H-pyrrole nitrogens is 1. The molecule has 1 aromatic carbocycles. The van der Waals surface area contributed by atoms with Crippen molar-refractivity contribution in [3.05, 3.63) is 36.0 Å². The first-order valence-electron chi connectivity index (χ1n) is 5.96.